The molecule has 0 amide bonds. The first kappa shape index (κ1) is 21.0. The molecule has 3 unspecified atom stereocenters. The van der Waals surface area contributed by atoms with E-state index in [1.54, 1.807) is 0 Å². The molecule has 0 spiro atoms. The van der Waals surface area contributed by atoms with E-state index in [1.807, 2.05) is 0 Å². The predicted molar refractivity (Wildman–Crippen MR) is 87.8 cm³/mol. The molecule has 0 aromatic carbocycles. The van der Waals surface area contributed by atoms with Crippen LogP contribution in [0.3, 0.4) is 0 Å². The van der Waals surface area contributed by atoms with Crippen LogP contribution in [-0.4, -0.2) is 61.7 Å². The quantitative estimate of drug-likeness (QED) is 0.209. The summed E-state index contributed by atoms with van der Waals surface area (Å²) in [4.78, 5) is 40.1. The molecule has 0 aliphatic carbocycles. The number of hydrogen-bond acceptors (Lipinski definition) is 11. The topological polar surface area (TPSA) is 182 Å². The molecule has 1 aromatic rings. The summed E-state index contributed by atoms with van der Waals surface area (Å²) in [5, 5.41) is 25.8. The molecule has 0 saturated carbocycles. The van der Waals surface area contributed by atoms with Gasteiger partial charge in [-0.1, -0.05) is 0 Å². The number of nitrogens with one attached hydrogen (secondary N) is 2. The SMILES string of the molecule is CC(C)(O)C1O[PH](O)(O)C(O)(Cn2ccnc2)[P@@](O)C1(C)NONO. The minimum absolute atomic E-state index is 0.420. The van der Waals surface area contributed by atoms with Gasteiger partial charge in [-0.3, -0.25) is 0 Å². The van der Waals surface area contributed by atoms with E-state index in [0.29, 0.717) is 0 Å². The predicted octanol–water partition coefficient (Wildman–Crippen LogP) is -1.30. The van der Waals surface area contributed by atoms with Crippen LogP contribution in [0.1, 0.15) is 20.8 Å². The molecule has 2 heterocycles. The summed E-state index contributed by atoms with van der Waals surface area (Å²) >= 11 is 0. The summed E-state index contributed by atoms with van der Waals surface area (Å²) in [6, 6.07) is 0. The molecule has 4 atom stereocenters. The van der Waals surface area contributed by atoms with E-state index >= 15 is 0 Å². The average Bonchev–Trinajstić information content (AvgIpc) is 3.00. The first-order valence-electron chi connectivity index (χ1n) is 7.23. The standard InChI is InChI=1S/C11H24N4O8P2/c1-9(2,16)8-10(3,13-23-14-18)24(19)11(17,25(20,21)22-8)6-15-5-4-12-7-15/h4-5,7-8,13-14,16-21,25H,6H2,1-3H3/t8?,10?,11?,24-/m0/s1. The van der Waals surface area contributed by atoms with Crippen LogP contribution in [-0.2, 0) is 16.0 Å². The molecular formula is C11H24N4O8P2. The zero-order valence-electron chi connectivity index (χ0n) is 13.9. The summed E-state index contributed by atoms with van der Waals surface area (Å²) in [6.45, 7) is 3.59. The van der Waals surface area contributed by atoms with Gasteiger partial charge in [0.2, 0.25) is 0 Å². The molecule has 1 aromatic heterocycles. The molecule has 1 fully saturated rings. The van der Waals surface area contributed by atoms with Gasteiger partial charge in [-0.15, -0.1) is 0 Å². The molecule has 14 heteroatoms. The van der Waals surface area contributed by atoms with Crippen molar-refractivity contribution < 1.29 is 39.6 Å². The van der Waals surface area contributed by atoms with Gasteiger partial charge in [0.25, 0.3) is 0 Å². The van der Waals surface area contributed by atoms with E-state index in [2.05, 4.69) is 15.4 Å². The van der Waals surface area contributed by atoms with Crippen LogP contribution >= 0.6 is 16.1 Å². The van der Waals surface area contributed by atoms with Crippen LogP contribution in [0.5, 0.6) is 0 Å². The van der Waals surface area contributed by atoms with Crippen molar-refractivity contribution in [3.8, 4) is 0 Å². The van der Waals surface area contributed by atoms with Gasteiger partial charge in [0.05, 0.1) is 0 Å². The van der Waals surface area contributed by atoms with E-state index < -0.39 is 44.7 Å². The van der Waals surface area contributed by atoms with Gasteiger partial charge in [-0.05, 0) is 0 Å². The normalized spacial score (nSPS) is 37.0. The fourth-order valence-electron chi connectivity index (χ4n) is 2.87. The maximum absolute atomic E-state index is 11.0. The fraction of sp³-hybridized carbons (Fsp3) is 0.727. The molecule has 8 N–H and O–H groups in total. The van der Waals surface area contributed by atoms with Crippen LogP contribution in [0, 0.1) is 0 Å². The summed E-state index contributed by atoms with van der Waals surface area (Å²) in [6.07, 6.45) is 2.81. The van der Waals surface area contributed by atoms with Gasteiger partial charge in [0.15, 0.2) is 0 Å². The zero-order chi connectivity index (χ0) is 19.1. The Labute approximate surface area is 145 Å². The molecule has 12 nitrogen and oxygen atoms in total. The van der Waals surface area contributed by atoms with E-state index in [9.17, 15) is 24.9 Å². The van der Waals surface area contributed by atoms with E-state index in [0.717, 1.165) is 0 Å². The van der Waals surface area contributed by atoms with Crippen molar-refractivity contribution >= 4 is 16.1 Å². The molecular weight excluding hydrogens is 378 g/mol. The van der Waals surface area contributed by atoms with Crippen molar-refractivity contribution in [1.29, 1.82) is 0 Å². The number of hydroxylamine groups is 1. The van der Waals surface area contributed by atoms with Crippen LogP contribution in [0.2, 0.25) is 0 Å². The number of rotatable bonds is 6. The second-order valence-corrected chi connectivity index (χ2v) is 11.6. The Kier molecular flexibility index (Phi) is 5.88. The first-order chi connectivity index (χ1) is 11.4. The van der Waals surface area contributed by atoms with Gasteiger partial charge in [0, 0.05) is 0 Å². The van der Waals surface area contributed by atoms with Crippen LogP contribution in [0.4, 0.5) is 0 Å². The van der Waals surface area contributed by atoms with Crippen molar-refractivity contribution in [2.45, 2.75) is 49.4 Å². The number of hydrogen-bond donors (Lipinski definition) is 8. The third kappa shape index (κ3) is 3.72. The van der Waals surface area contributed by atoms with Gasteiger partial charge >= 0.3 is 144 Å². The third-order valence-corrected chi connectivity index (χ3v) is 9.33. The molecule has 2 rings (SSSR count). The van der Waals surface area contributed by atoms with E-state index in [4.69, 9.17) is 9.73 Å². The van der Waals surface area contributed by atoms with Gasteiger partial charge in [-0.25, -0.2) is 0 Å². The molecule has 1 aliphatic rings. The number of aromatic nitrogens is 2. The summed E-state index contributed by atoms with van der Waals surface area (Å²) < 4.78 is 6.65. The van der Waals surface area contributed by atoms with Crippen LogP contribution < -0.4 is 11.1 Å². The molecule has 25 heavy (non-hydrogen) atoms. The number of aliphatic hydroxyl groups is 2. The van der Waals surface area contributed by atoms with Crippen LogP contribution in [0.15, 0.2) is 18.7 Å². The summed E-state index contributed by atoms with van der Waals surface area (Å²) in [7, 11) is -7.61. The van der Waals surface area contributed by atoms with Crippen molar-refractivity contribution in [1.82, 2.24) is 20.7 Å². The summed E-state index contributed by atoms with van der Waals surface area (Å²) in [5.74, 6) is 0. The van der Waals surface area contributed by atoms with E-state index in [1.165, 1.54) is 49.7 Å². The second-order valence-electron chi connectivity index (χ2n) is 6.57. The Balaban J connectivity index is 2.48. The van der Waals surface area contributed by atoms with Crippen molar-refractivity contribution in [3.63, 3.8) is 0 Å². The monoisotopic (exact) mass is 402 g/mol. The van der Waals surface area contributed by atoms with Gasteiger partial charge < -0.3 is 0 Å². The minimum atomic E-state index is -4.92. The molecule has 146 valence electrons. The number of imidazole rings is 1. The molecule has 1 aliphatic heterocycles. The zero-order valence-corrected chi connectivity index (χ0v) is 15.8. The fourth-order valence-corrected chi connectivity index (χ4v) is 8.14. The summed E-state index contributed by atoms with van der Waals surface area (Å²) in [5.41, 5.74) is 1.98. The molecule has 0 bridgehead atoms. The van der Waals surface area contributed by atoms with Crippen molar-refractivity contribution in [3.05, 3.63) is 18.7 Å². The van der Waals surface area contributed by atoms with Gasteiger partial charge in [0.1, 0.15) is 0 Å². The van der Waals surface area contributed by atoms with Crippen LogP contribution in [0.25, 0.3) is 0 Å². The molecule has 0 radical (unpaired) electrons. The Morgan fingerprint density at radius 2 is 2.12 bits per heavy atom. The van der Waals surface area contributed by atoms with Crippen molar-refractivity contribution in [2.75, 3.05) is 0 Å². The van der Waals surface area contributed by atoms with Crippen molar-refractivity contribution in [2.24, 2.45) is 0 Å². The molecule has 1 saturated heterocycles. The Bertz CT molecular complexity index is 585. The third-order valence-electron chi connectivity index (χ3n) is 4.01. The Morgan fingerprint density at radius 1 is 1.48 bits per heavy atom. The Morgan fingerprint density at radius 3 is 2.60 bits per heavy atom. The maximum atomic E-state index is 11.0. The number of nitrogens with zero attached hydrogens (tertiary/aromatic N) is 2. The second kappa shape index (κ2) is 7.01. The average molecular weight is 402 g/mol. The first-order valence-corrected chi connectivity index (χ1v) is 10.3. The van der Waals surface area contributed by atoms with Gasteiger partial charge in [-0.2, -0.15) is 0 Å². The Hall–Kier alpha value is -0.330. The van der Waals surface area contributed by atoms with E-state index in [-0.39, 0.29) is 0 Å².